The number of rotatable bonds is 7. The molecule has 0 aliphatic carbocycles. The molecule has 23 heavy (non-hydrogen) atoms. The summed E-state index contributed by atoms with van der Waals surface area (Å²) in [5.74, 6) is 1.36. The zero-order valence-corrected chi connectivity index (χ0v) is 13.8. The van der Waals surface area contributed by atoms with Crippen molar-refractivity contribution in [2.24, 2.45) is 0 Å². The van der Waals surface area contributed by atoms with Crippen LogP contribution in [0.25, 0.3) is 0 Å². The Bertz CT molecular complexity index is 610. The summed E-state index contributed by atoms with van der Waals surface area (Å²) < 4.78 is 10.8. The summed E-state index contributed by atoms with van der Waals surface area (Å²) in [6.45, 7) is 3.79. The van der Waals surface area contributed by atoms with Crippen molar-refractivity contribution in [3.05, 3.63) is 60.2 Å². The summed E-state index contributed by atoms with van der Waals surface area (Å²) in [6, 6.07) is 17.0. The van der Waals surface area contributed by atoms with Crippen LogP contribution in [0.4, 0.5) is 0 Å². The van der Waals surface area contributed by atoms with Crippen molar-refractivity contribution in [2.75, 3.05) is 7.11 Å². The minimum Gasteiger partial charge on any atom is -0.497 e. The maximum atomic E-state index is 12.4. The molecule has 0 saturated carbocycles. The summed E-state index contributed by atoms with van der Waals surface area (Å²) in [7, 11) is 1.64. The van der Waals surface area contributed by atoms with Crippen LogP contribution in [0.2, 0.25) is 0 Å². The zero-order chi connectivity index (χ0) is 16.7. The number of para-hydroxylation sites is 1. The summed E-state index contributed by atoms with van der Waals surface area (Å²) in [5.41, 5.74) is 1.05. The van der Waals surface area contributed by atoms with Gasteiger partial charge in [0.15, 0.2) is 6.10 Å². The zero-order valence-electron chi connectivity index (χ0n) is 13.8. The topological polar surface area (TPSA) is 47.6 Å². The molecule has 2 aromatic rings. The molecule has 1 N–H and O–H groups in total. The Morgan fingerprint density at radius 2 is 1.70 bits per heavy atom. The molecule has 2 rings (SSSR count). The van der Waals surface area contributed by atoms with Gasteiger partial charge in [-0.05, 0) is 43.2 Å². The van der Waals surface area contributed by atoms with E-state index in [9.17, 15) is 4.79 Å². The number of carbonyl (C=O) groups is 1. The van der Waals surface area contributed by atoms with E-state index >= 15 is 0 Å². The second-order valence-electron chi connectivity index (χ2n) is 5.32. The van der Waals surface area contributed by atoms with Crippen LogP contribution in [0, 0.1) is 0 Å². The fourth-order valence-corrected chi connectivity index (χ4v) is 2.30. The average Bonchev–Trinajstić information content (AvgIpc) is 2.60. The molecule has 0 fully saturated rings. The van der Waals surface area contributed by atoms with Gasteiger partial charge in [0.1, 0.15) is 11.5 Å². The number of hydrogen-bond donors (Lipinski definition) is 1. The van der Waals surface area contributed by atoms with Gasteiger partial charge < -0.3 is 14.8 Å². The first-order valence-corrected chi connectivity index (χ1v) is 7.80. The van der Waals surface area contributed by atoms with E-state index < -0.39 is 6.10 Å². The lowest BCUT2D eigenvalue weighted by atomic mass is 10.0. The minimum absolute atomic E-state index is 0.0461. The molecule has 0 radical (unpaired) electrons. The first-order chi connectivity index (χ1) is 11.1. The van der Waals surface area contributed by atoms with Crippen molar-refractivity contribution in [3.63, 3.8) is 0 Å². The van der Waals surface area contributed by atoms with Crippen molar-refractivity contribution in [1.29, 1.82) is 0 Å². The smallest absolute Gasteiger partial charge is 0.261 e. The minimum atomic E-state index is -0.551. The Morgan fingerprint density at radius 3 is 2.26 bits per heavy atom. The Kier molecular flexibility index (Phi) is 6.03. The van der Waals surface area contributed by atoms with E-state index in [1.807, 2.05) is 61.5 Å². The monoisotopic (exact) mass is 313 g/mol. The van der Waals surface area contributed by atoms with Gasteiger partial charge >= 0.3 is 0 Å². The second kappa shape index (κ2) is 8.22. The summed E-state index contributed by atoms with van der Waals surface area (Å²) in [6.07, 6.45) is 0.251. The van der Waals surface area contributed by atoms with Crippen molar-refractivity contribution in [2.45, 2.75) is 32.4 Å². The van der Waals surface area contributed by atoms with E-state index in [1.165, 1.54) is 0 Å². The van der Waals surface area contributed by atoms with Gasteiger partial charge in [0.2, 0.25) is 0 Å². The summed E-state index contributed by atoms with van der Waals surface area (Å²) in [5, 5.41) is 3.04. The molecule has 2 aromatic carbocycles. The van der Waals surface area contributed by atoms with Crippen molar-refractivity contribution in [3.8, 4) is 11.5 Å². The third-order valence-electron chi connectivity index (χ3n) is 3.67. The van der Waals surface area contributed by atoms with Crippen LogP contribution in [0.3, 0.4) is 0 Å². The molecule has 122 valence electrons. The van der Waals surface area contributed by atoms with Crippen LogP contribution in [0.15, 0.2) is 54.6 Å². The highest BCUT2D eigenvalue weighted by molar-refractivity contribution is 5.81. The van der Waals surface area contributed by atoms with Gasteiger partial charge in [0.05, 0.1) is 13.2 Å². The molecule has 0 aromatic heterocycles. The van der Waals surface area contributed by atoms with Crippen LogP contribution in [-0.2, 0) is 4.79 Å². The SMILES string of the molecule is CC[C@@H](NC(=O)[C@H](C)Oc1ccccc1)c1ccc(OC)cc1. The molecule has 0 aliphatic heterocycles. The maximum Gasteiger partial charge on any atom is 0.261 e. The van der Waals surface area contributed by atoms with Crippen LogP contribution in [-0.4, -0.2) is 19.1 Å². The molecular formula is C19H23NO3. The highest BCUT2D eigenvalue weighted by Gasteiger charge is 2.19. The molecule has 0 heterocycles. The van der Waals surface area contributed by atoms with E-state index in [0.717, 1.165) is 17.7 Å². The Hall–Kier alpha value is -2.49. The van der Waals surface area contributed by atoms with Gasteiger partial charge in [0.25, 0.3) is 5.91 Å². The van der Waals surface area contributed by atoms with Crippen molar-refractivity contribution >= 4 is 5.91 Å². The third kappa shape index (κ3) is 4.74. The maximum absolute atomic E-state index is 12.4. The Morgan fingerprint density at radius 1 is 1.04 bits per heavy atom. The predicted molar refractivity (Wildman–Crippen MR) is 90.7 cm³/mol. The molecule has 4 nitrogen and oxygen atoms in total. The van der Waals surface area contributed by atoms with E-state index in [2.05, 4.69) is 5.32 Å². The fourth-order valence-electron chi connectivity index (χ4n) is 2.30. The lowest BCUT2D eigenvalue weighted by molar-refractivity contribution is -0.128. The van der Waals surface area contributed by atoms with Crippen LogP contribution in [0.5, 0.6) is 11.5 Å². The van der Waals surface area contributed by atoms with Gasteiger partial charge in [0, 0.05) is 0 Å². The quantitative estimate of drug-likeness (QED) is 0.847. The summed E-state index contributed by atoms with van der Waals surface area (Å²) >= 11 is 0. The Labute approximate surface area is 137 Å². The summed E-state index contributed by atoms with van der Waals surface area (Å²) in [4.78, 5) is 12.4. The van der Waals surface area contributed by atoms with Gasteiger partial charge in [-0.15, -0.1) is 0 Å². The largest absolute Gasteiger partial charge is 0.497 e. The van der Waals surface area contributed by atoms with Crippen LogP contribution >= 0.6 is 0 Å². The number of hydrogen-bond acceptors (Lipinski definition) is 3. The predicted octanol–water partition coefficient (Wildman–Crippen LogP) is 3.73. The molecule has 0 spiro atoms. The van der Waals surface area contributed by atoms with Crippen LogP contribution < -0.4 is 14.8 Å². The number of nitrogens with one attached hydrogen (secondary N) is 1. The third-order valence-corrected chi connectivity index (χ3v) is 3.67. The number of amides is 1. The number of carbonyl (C=O) groups excluding carboxylic acids is 1. The molecule has 0 aliphatic rings. The van der Waals surface area contributed by atoms with Gasteiger partial charge in [-0.25, -0.2) is 0 Å². The highest BCUT2D eigenvalue weighted by Crippen LogP contribution is 2.20. The van der Waals surface area contributed by atoms with Gasteiger partial charge in [-0.1, -0.05) is 37.3 Å². The molecule has 1 amide bonds. The molecular weight excluding hydrogens is 290 g/mol. The molecule has 0 bridgehead atoms. The van der Waals surface area contributed by atoms with E-state index in [1.54, 1.807) is 14.0 Å². The number of methoxy groups -OCH3 is 1. The highest BCUT2D eigenvalue weighted by atomic mass is 16.5. The van der Waals surface area contributed by atoms with E-state index in [4.69, 9.17) is 9.47 Å². The van der Waals surface area contributed by atoms with Crippen molar-refractivity contribution in [1.82, 2.24) is 5.32 Å². The van der Waals surface area contributed by atoms with E-state index in [-0.39, 0.29) is 11.9 Å². The lowest BCUT2D eigenvalue weighted by Gasteiger charge is -2.21. The molecule has 2 atom stereocenters. The fraction of sp³-hybridized carbons (Fsp3) is 0.316. The molecule has 0 saturated heterocycles. The van der Waals surface area contributed by atoms with Gasteiger partial charge in [-0.2, -0.15) is 0 Å². The van der Waals surface area contributed by atoms with Crippen LogP contribution in [0.1, 0.15) is 31.9 Å². The molecule has 4 heteroatoms. The first kappa shape index (κ1) is 16.9. The second-order valence-corrected chi connectivity index (χ2v) is 5.32. The van der Waals surface area contributed by atoms with E-state index in [0.29, 0.717) is 5.75 Å². The molecule has 0 unspecified atom stereocenters. The van der Waals surface area contributed by atoms with Crippen molar-refractivity contribution < 1.29 is 14.3 Å². The Balaban J connectivity index is 1.98. The lowest BCUT2D eigenvalue weighted by Crippen LogP contribution is -2.38. The normalized spacial score (nSPS) is 13.0. The average molecular weight is 313 g/mol. The van der Waals surface area contributed by atoms with Gasteiger partial charge in [-0.3, -0.25) is 4.79 Å². The number of benzene rings is 2. The standard InChI is InChI=1S/C19H23NO3/c1-4-18(15-10-12-16(22-3)13-11-15)20-19(21)14(2)23-17-8-6-5-7-9-17/h5-14,18H,4H2,1-3H3,(H,20,21)/t14-,18+/m0/s1. The first-order valence-electron chi connectivity index (χ1n) is 7.80. The number of ether oxygens (including phenoxy) is 2.